The van der Waals surface area contributed by atoms with Crippen molar-refractivity contribution in [3.05, 3.63) is 21.9 Å². The van der Waals surface area contributed by atoms with Crippen LogP contribution in [0, 0.1) is 0 Å². The maximum atomic E-state index is 10.2. The van der Waals surface area contributed by atoms with Crippen LogP contribution in [0.5, 0.6) is 0 Å². The van der Waals surface area contributed by atoms with E-state index in [9.17, 15) is 4.79 Å². The lowest BCUT2D eigenvalue weighted by Gasteiger charge is -1.83. The highest BCUT2D eigenvalue weighted by Gasteiger charge is 2.05. The van der Waals surface area contributed by atoms with Crippen LogP contribution in [0.3, 0.4) is 0 Å². The average Bonchev–Trinajstić information content (AvgIpc) is 2.42. The molecule has 0 aliphatic carbocycles. The Morgan fingerprint density at radius 2 is 2.25 bits per heavy atom. The van der Waals surface area contributed by atoms with Gasteiger partial charge in [-0.1, -0.05) is 0 Å². The van der Waals surface area contributed by atoms with Crippen molar-refractivity contribution in [1.29, 1.82) is 0 Å². The van der Waals surface area contributed by atoms with Crippen LogP contribution in [-0.4, -0.2) is 11.7 Å². The fourth-order valence-electron chi connectivity index (χ4n) is 0.587. The van der Waals surface area contributed by atoms with E-state index in [0.717, 1.165) is 18.4 Å². The van der Waals surface area contributed by atoms with Crippen molar-refractivity contribution >= 4 is 0 Å². The van der Waals surface area contributed by atoms with Crippen LogP contribution in [0.15, 0.2) is 10.9 Å². The Kier molecular flexibility index (Phi) is 1.44. The summed E-state index contributed by atoms with van der Waals surface area (Å²) in [5.74, 6) is 0. The molecule has 1 aromatic rings. The number of aryl methyl sites for hydroxylation is 1. The molecule has 0 aromatic heterocycles. The quantitative estimate of drug-likeness (QED) is 0.590. The van der Waals surface area contributed by atoms with E-state index in [-0.39, 0.29) is 12.0 Å². The molecule has 0 bridgehead atoms. The summed E-state index contributed by atoms with van der Waals surface area (Å²) in [4.78, 5) is 10.2. The first-order valence-electron chi connectivity index (χ1n) is 2.70. The molecule has 0 saturated carbocycles. The van der Waals surface area contributed by atoms with Gasteiger partial charge in [-0.25, -0.2) is 0 Å². The van der Waals surface area contributed by atoms with Crippen LogP contribution in [0.25, 0.3) is 0 Å². The number of aliphatic hydroxyl groups is 1. The van der Waals surface area contributed by atoms with Crippen molar-refractivity contribution < 1.29 is 5.11 Å². The van der Waals surface area contributed by atoms with Crippen LogP contribution in [-0.2, 0) is 6.42 Å². The van der Waals surface area contributed by atoms with Crippen molar-refractivity contribution in [2.75, 3.05) is 6.61 Å². The molecular formula is C6H8O2. The first kappa shape index (κ1) is 5.51. The molecule has 0 heterocycles. The highest BCUT2D eigenvalue weighted by Crippen LogP contribution is 1.98. The topological polar surface area (TPSA) is 37.3 Å². The van der Waals surface area contributed by atoms with Crippen LogP contribution >= 0.6 is 0 Å². The fraction of sp³-hybridized carbons (Fsp3) is 0.500. The summed E-state index contributed by atoms with van der Waals surface area (Å²) in [6.45, 7) is 0.185. The molecule has 0 fully saturated rings. The Balaban J connectivity index is 2.16. The Morgan fingerprint density at radius 3 is 2.62 bits per heavy atom. The predicted molar refractivity (Wildman–Crippen MR) is 30.5 cm³/mol. The highest BCUT2D eigenvalue weighted by atomic mass is 16.2. The van der Waals surface area contributed by atoms with Crippen molar-refractivity contribution in [3.8, 4) is 0 Å². The molecule has 0 radical (unpaired) electrons. The third kappa shape index (κ3) is 1.17. The average molecular weight is 112 g/mol. The zero-order valence-corrected chi connectivity index (χ0v) is 4.55. The van der Waals surface area contributed by atoms with E-state index >= 15 is 0 Å². The van der Waals surface area contributed by atoms with Gasteiger partial charge in [0.25, 0.3) is 0 Å². The zero-order chi connectivity index (χ0) is 5.98. The summed E-state index contributed by atoms with van der Waals surface area (Å²) in [6.07, 6.45) is 1.48. The second kappa shape index (κ2) is 2.09. The van der Waals surface area contributed by atoms with Crippen LogP contribution < -0.4 is 5.43 Å². The molecule has 0 aliphatic heterocycles. The largest absolute Gasteiger partial charge is 0.396 e. The number of hydrogen-bond donors (Lipinski definition) is 1. The van der Waals surface area contributed by atoms with E-state index in [2.05, 4.69) is 0 Å². The van der Waals surface area contributed by atoms with Gasteiger partial charge < -0.3 is 5.11 Å². The third-order valence-corrected chi connectivity index (χ3v) is 1.14. The number of hydrogen-bond acceptors (Lipinski definition) is 2. The van der Waals surface area contributed by atoms with Gasteiger partial charge >= 0.3 is 0 Å². The summed E-state index contributed by atoms with van der Waals surface area (Å²) < 4.78 is 0. The lowest BCUT2D eigenvalue weighted by Crippen LogP contribution is -1.87. The number of rotatable bonds is 3. The van der Waals surface area contributed by atoms with Gasteiger partial charge in [0.15, 0.2) is 5.43 Å². The summed E-state index contributed by atoms with van der Waals surface area (Å²) in [6, 6.07) is 1.61. The van der Waals surface area contributed by atoms with Crippen molar-refractivity contribution in [1.82, 2.24) is 0 Å². The second-order valence-corrected chi connectivity index (χ2v) is 1.86. The standard InChI is InChI=1S/C6H8O2/c7-3-1-2-5-4-6(5)8/h4,7H,1-3H2. The van der Waals surface area contributed by atoms with Gasteiger partial charge in [-0.05, 0) is 18.9 Å². The Bertz CT molecular complexity index is 172. The van der Waals surface area contributed by atoms with Crippen LogP contribution in [0.2, 0.25) is 0 Å². The Hall–Kier alpha value is -0.630. The van der Waals surface area contributed by atoms with Gasteiger partial charge in [0, 0.05) is 12.2 Å². The van der Waals surface area contributed by atoms with E-state index in [1.807, 2.05) is 0 Å². The predicted octanol–water partition coefficient (Wildman–Crippen LogP) is -0.153. The smallest absolute Gasteiger partial charge is 0.182 e. The monoisotopic (exact) mass is 112 g/mol. The lowest BCUT2D eigenvalue weighted by molar-refractivity contribution is 0.289. The maximum absolute atomic E-state index is 10.2. The molecule has 0 amide bonds. The van der Waals surface area contributed by atoms with E-state index in [1.165, 1.54) is 0 Å². The van der Waals surface area contributed by atoms with E-state index in [1.54, 1.807) is 6.07 Å². The minimum Gasteiger partial charge on any atom is -0.396 e. The van der Waals surface area contributed by atoms with Gasteiger partial charge in [-0.3, -0.25) is 4.79 Å². The van der Waals surface area contributed by atoms with Crippen LogP contribution in [0.1, 0.15) is 12.0 Å². The Labute approximate surface area is 47.5 Å². The van der Waals surface area contributed by atoms with Crippen LogP contribution in [0.4, 0.5) is 0 Å². The molecule has 0 spiro atoms. The van der Waals surface area contributed by atoms with E-state index in [0.29, 0.717) is 0 Å². The molecule has 1 N–H and O–H groups in total. The molecule has 2 nitrogen and oxygen atoms in total. The molecule has 0 atom stereocenters. The summed E-state index contributed by atoms with van der Waals surface area (Å²) >= 11 is 0. The van der Waals surface area contributed by atoms with Gasteiger partial charge in [-0.2, -0.15) is 0 Å². The SMILES string of the molecule is O=c1cc1CCCO. The highest BCUT2D eigenvalue weighted by molar-refractivity contribution is 5.22. The molecule has 2 heteroatoms. The van der Waals surface area contributed by atoms with Crippen molar-refractivity contribution in [2.24, 2.45) is 0 Å². The second-order valence-electron chi connectivity index (χ2n) is 1.86. The van der Waals surface area contributed by atoms with Gasteiger partial charge in [0.2, 0.25) is 0 Å². The zero-order valence-electron chi connectivity index (χ0n) is 4.55. The minimum atomic E-state index is 0.165. The van der Waals surface area contributed by atoms with Gasteiger partial charge in [0.1, 0.15) is 0 Å². The summed E-state index contributed by atoms with van der Waals surface area (Å²) in [5.41, 5.74) is 1.05. The fourth-order valence-corrected chi connectivity index (χ4v) is 0.587. The van der Waals surface area contributed by atoms with Crippen molar-refractivity contribution in [3.63, 3.8) is 0 Å². The first-order valence-corrected chi connectivity index (χ1v) is 2.70. The summed E-state index contributed by atoms with van der Waals surface area (Å²) in [5, 5.41) is 8.29. The molecule has 0 saturated heterocycles. The van der Waals surface area contributed by atoms with E-state index < -0.39 is 0 Å². The normalized spacial score (nSPS) is 10.6. The Morgan fingerprint density at radius 1 is 1.62 bits per heavy atom. The number of aliphatic hydroxyl groups excluding tert-OH is 1. The molecule has 8 heavy (non-hydrogen) atoms. The molecule has 44 valence electrons. The molecule has 1 rings (SSSR count). The minimum absolute atomic E-state index is 0.165. The molecule has 0 aliphatic rings. The molecular weight excluding hydrogens is 104 g/mol. The maximum Gasteiger partial charge on any atom is 0.182 e. The van der Waals surface area contributed by atoms with Gasteiger partial charge in [-0.15, -0.1) is 0 Å². The molecule has 0 unspecified atom stereocenters. The third-order valence-electron chi connectivity index (χ3n) is 1.14. The summed E-state index contributed by atoms with van der Waals surface area (Å²) in [7, 11) is 0. The van der Waals surface area contributed by atoms with Crippen molar-refractivity contribution in [2.45, 2.75) is 12.8 Å². The molecule has 1 aromatic carbocycles. The first-order chi connectivity index (χ1) is 3.84. The van der Waals surface area contributed by atoms with Gasteiger partial charge in [0.05, 0.1) is 0 Å². The lowest BCUT2D eigenvalue weighted by atomic mass is 10.3. The van der Waals surface area contributed by atoms with E-state index in [4.69, 9.17) is 5.11 Å².